The maximum absolute atomic E-state index is 12.2. The molecule has 0 aliphatic carbocycles. The Hall–Kier alpha value is -4.15. The SMILES string of the molecule is Cc1ccc(NC(=O)CN(C)C)cc1Nc1nc(Nc2ccc(Cl)cc2C(N)=O)c2cc[nH]c2[nH+]1. The first-order valence-electron chi connectivity index (χ1n) is 10.8. The maximum Gasteiger partial charge on any atom is 0.351 e. The van der Waals surface area contributed by atoms with E-state index < -0.39 is 5.91 Å². The predicted octanol–water partition coefficient (Wildman–Crippen LogP) is 3.43. The Balaban J connectivity index is 1.66. The lowest BCUT2D eigenvalue weighted by molar-refractivity contribution is -0.333. The molecular formula is C24H26ClN8O2+. The maximum atomic E-state index is 12.2. The average Bonchev–Trinajstić information content (AvgIpc) is 3.25. The molecule has 2 heterocycles. The molecule has 0 saturated heterocycles. The molecular weight excluding hydrogens is 468 g/mol. The van der Waals surface area contributed by atoms with Crippen LogP contribution in [0.2, 0.25) is 5.02 Å². The molecule has 35 heavy (non-hydrogen) atoms. The van der Waals surface area contributed by atoms with E-state index in [1.54, 1.807) is 23.2 Å². The number of fused-ring (bicyclic) bond motifs is 1. The van der Waals surface area contributed by atoms with Crippen molar-refractivity contribution >= 4 is 63.3 Å². The molecule has 0 aliphatic rings. The summed E-state index contributed by atoms with van der Waals surface area (Å²) in [6.07, 6.45) is 1.78. The second-order valence-electron chi connectivity index (χ2n) is 8.32. The molecule has 11 heteroatoms. The molecule has 0 saturated carbocycles. The molecule has 4 rings (SSSR count). The van der Waals surface area contributed by atoms with E-state index in [-0.39, 0.29) is 18.0 Å². The number of anilines is 5. The molecule has 0 bridgehead atoms. The smallest absolute Gasteiger partial charge is 0.351 e. The molecule has 0 unspecified atom stereocenters. The van der Waals surface area contributed by atoms with Crippen LogP contribution in [-0.4, -0.2) is 47.3 Å². The molecule has 4 aromatic rings. The third-order valence-electron chi connectivity index (χ3n) is 5.20. The second kappa shape index (κ2) is 10.00. The fourth-order valence-corrected chi connectivity index (χ4v) is 3.72. The molecule has 0 spiro atoms. The Labute approximate surface area is 206 Å². The van der Waals surface area contributed by atoms with Gasteiger partial charge in [-0.05, 0) is 63.0 Å². The Morgan fingerprint density at radius 2 is 1.91 bits per heavy atom. The standard InChI is InChI=1S/C24H25ClN8O2/c1-13-4-6-15(28-20(34)12-33(2)3)11-19(13)30-24-31-22-16(8-9-27-22)23(32-24)29-18-7-5-14(25)10-17(18)21(26)35/h4-11H,12H2,1-3H3,(H2,26,35)(H,28,34)(H3,27,29,30,31,32)/p+1. The third kappa shape index (κ3) is 5.68. The summed E-state index contributed by atoms with van der Waals surface area (Å²) >= 11 is 6.04. The van der Waals surface area contributed by atoms with Crippen LogP contribution < -0.4 is 26.7 Å². The van der Waals surface area contributed by atoms with Gasteiger partial charge < -0.3 is 21.3 Å². The Kier molecular flexibility index (Phi) is 6.85. The quantitative estimate of drug-likeness (QED) is 0.254. The van der Waals surface area contributed by atoms with Crippen molar-refractivity contribution in [2.75, 3.05) is 36.6 Å². The van der Waals surface area contributed by atoms with Crippen LogP contribution in [0, 0.1) is 6.92 Å². The minimum Gasteiger partial charge on any atom is -0.366 e. The van der Waals surface area contributed by atoms with Crippen molar-refractivity contribution in [3.63, 3.8) is 0 Å². The highest BCUT2D eigenvalue weighted by molar-refractivity contribution is 6.31. The van der Waals surface area contributed by atoms with Gasteiger partial charge in [0.2, 0.25) is 17.4 Å². The number of likely N-dealkylation sites (N-methyl/N-ethyl adjacent to an activating group) is 1. The number of hydrogen-bond acceptors (Lipinski definition) is 6. The Bertz CT molecular complexity index is 1420. The summed E-state index contributed by atoms with van der Waals surface area (Å²) < 4.78 is 0. The number of amides is 2. The first kappa shape index (κ1) is 24.0. The van der Waals surface area contributed by atoms with Crippen LogP contribution >= 0.6 is 11.6 Å². The molecule has 2 aromatic carbocycles. The lowest BCUT2D eigenvalue weighted by atomic mass is 10.1. The largest absolute Gasteiger partial charge is 0.366 e. The van der Waals surface area contributed by atoms with Gasteiger partial charge >= 0.3 is 5.95 Å². The summed E-state index contributed by atoms with van der Waals surface area (Å²) in [4.78, 5) is 36.9. The minimum absolute atomic E-state index is 0.109. The number of nitrogens with one attached hydrogen (secondary N) is 5. The molecule has 7 N–H and O–H groups in total. The summed E-state index contributed by atoms with van der Waals surface area (Å²) in [5, 5.41) is 10.6. The highest BCUT2D eigenvalue weighted by atomic mass is 35.5. The van der Waals surface area contributed by atoms with Crippen LogP contribution in [0.1, 0.15) is 15.9 Å². The second-order valence-corrected chi connectivity index (χ2v) is 8.76. The zero-order chi connectivity index (χ0) is 25.1. The molecule has 0 fully saturated rings. The van der Waals surface area contributed by atoms with Crippen molar-refractivity contribution in [3.8, 4) is 0 Å². The van der Waals surface area contributed by atoms with Crippen LogP contribution in [0.5, 0.6) is 0 Å². The zero-order valence-electron chi connectivity index (χ0n) is 19.5. The highest BCUT2D eigenvalue weighted by Crippen LogP contribution is 2.28. The third-order valence-corrected chi connectivity index (χ3v) is 5.44. The fraction of sp³-hybridized carbons (Fsp3) is 0.167. The van der Waals surface area contributed by atoms with Crippen LogP contribution in [0.4, 0.5) is 28.8 Å². The number of carbonyl (C=O) groups excluding carboxylic acids is 2. The number of aromatic nitrogens is 3. The summed E-state index contributed by atoms with van der Waals surface area (Å²) in [5.74, 6) is 0.226. The number of hydrogen-bond donors (Lipinski definition) is 5. The zero-order valence-corrected chi connectivity index (χ0v) is 20.2. The first-order chi connectivity index (χ1) is 16.7. The van der Waals surface area contributed by atoms with Gasteiger partial charge in [-0.25, -0.2) is 4.98 Å². The number of nitrogens with two attached hydrogens (primary N) is 1. The first-order valence-corrected chi connectivity index (χ1v) is 11.2. The van der Waals surface area contributed by atoms with Gasteiger partial charge in [-0.2, -0.15) is 0 Å². The van der Waals surface area contributed by atoms with Crippen molar-refractivity contribution in [2.24, 2.45) is 5.73 Å². The van der Waals surface area contributed by atoms with Gasteiger partial charge in [-0.3, -0.25) is 19.9 Å². The van der Waals surface area contributed by atoms with Gasteiger partial charge in [0, 0.05) is 16.9 Å². The number of aromatic amines is 2. The molecule has 10 nitrogen and oxygen atoms in total. The highest BCUT2D eigenvalue weighted by Gasteiger charge is 2.18. The van der Waals surface area contributed by atoms with E-state index in [0.717, 1.165) is 16.6 Å². The number of halogens is 1. The van der Waals surface area contributed by atoms with Gasteiger partial charge in [0.25, 0.3) is 5.91 Å². The molecule has 180 valence electrons. The minimum atomic E-state index is -0.607. The van der Waals surface area contributed by atoms with Gasteiger partial charge in [0.1, 0.15) is 0 Å². The average molecular weight is 494 g/mol. The molecule has 2 amide bonds. The summed E-state index contributed by atoms with van der Waals surface area (Å²) in [6, 6.07) is 12.3. The van der Waals surface area contributed by atoms with E-state index in [1.165, 1.54) is 6.07 Å². The van der Waals surface area contributed by atoms with E-state index in [0.29, 0.717) is 33.8 Å². The fourth-order valence-electron chi connectivity index (χ4n) is 3.55. The number of aryl methyl sites for hydroxylation is 1. The Morgan fingerprint density at radius 3 is 2.66 bits per heavy atom. The van der Waals surface area contributed by atoms with Gasteiger partial charge in [-0.1, -0.05) is 22.7 Å². The number of benzene rings is 2. The monoisotopic (exact) mass is 493 g/mol. The van der Waals surface area contributed by atoms with Crippen molar-refractivity contribution < 1.29 is 14.6 Å². The van der Waals surface area contributed by atoms with Crippen molar-refractivity contribution in [1.29, 1.82) is 0 Å². The molecule has 0 radical (unpaired) electrons. The van der Waals surface area contributed by atoms with E-state index >= 15 is 0 Å². The lowest BCUT2D eigenvalue weighted by Crippen LogP contribution is -2.27. The molecule has 0 atom stereocenters. The van der Waals surface area contributed by atoms with Crippen LogP contribution in [-0.2, 0) is 4.79 Å². The molecule has 2 aromatic heterocycles. The van der Waals surface area contributed by atoms with Crippen molar-refractivity contribution in [2.45, 2.75) is 6.92 Å². The Morgan fingerprint density at radius 1 is 1.11 bits per heavy atom. The molecule has 0 aliphatic heterocycles. The van der Waals surface area contributed by atoms with Gasteiger partial charge in [0.05, 0.1) is 28.9 Å². The predicted molar refractivity (Wildman–Crippen MR) is 138 cm³/mol. The summed E-state index contributed by atoms with van der Waals surface area (Å²) in [5.41, 5.74) is 9.37. The number of rotatable bonds is 8. The van der Waals surface area contributed by atoms with E-state index in [2.05, 4.69) is 30.9 Å². The van der Waals surface area contributed by atoms with E-state index in [4.69, 9.17) is 17.3 Å². The van der Waals surface area contributed by atoms with Crippen LogP contribution in [0.25, 0.3) is 11.0 Å². The lowest BCUT2D eigenvalue weighted by Gasteiger charge is -2.12. The number of carbonyl (C=O) groups is 2. The summed E-state index contributed by atoms with van der Waals surface area (Å²) in [6.45, 7) is 2.23. The number of H-pyrrole nitrogens is 2. The van der Waals surface area contributed by atoms with Gasteiger partial charge in [0.15, 0.2) is 0 Å². The topological polar surface area (TPSA) is 142 Å². The van der Waals surface area contributed by atoms with E-state index in [1.807, 2.05) is 45.3 Å². The van der Waals surface area contributed by atoms with Crippen LogP contribution in [0.15, 0.2) is 48.7 Å². The van der Waals surface area contributed by atoms with Crippen molar-refractivity contribution in [1.82, 2.24) is 14.9 Å². The number of primary amides is 1. The number of nitrogens with zero attached hydrogens (tertiary/aromatic N) is 2. The normalized spacial score (nSPS) is 11.0. The van der Waals surface area contributed by atoms with Crippen molar-refractivity contribution in [3.05, 3.63) is 64.8 Å². The van der Waals surface area contributed by atoms with Crippen LogP contribution in [0.3, 0.4) is 0 Å². The summed E-state index contributed by atoms with van der Waals surface area (Å²) in [7, 11) is 3.67. The van der Waals surface area contributed by atoms with Gasteiger partial charge in [-0.15, -0.1) is 0 Å². The van der Waals surface area contributed by atoms with E-state index in [9.17, 15) is 9.59 Å².